The number of ether oxygens (including phenoxy) is 2. The van der Waals surface area contributed by atoms with Crippen molar-refractivity contribution in [2.75, 3.05) is 11.9 Å². The van der Waals surface area contributed by atoms with Crippen LogP contribution in [-0.2, 0) is 0 Å². The van der Waals surface area contributed by atoms with E-state index in [4.69, 9.17) is 0 Å². The Balaban J connectivity index is 1.11. The zero-order chi connectivity index (χ0) is 21.0. The first-order valence-electron chi connectivity index (χ1n) is 10.4. The van der Waals surface area contributed by atoms with E-state index in [1.807, 2.05) is 12.3 Å². The lowest BCUT2D eigenvalue weighted by atomic mass is 9.80. The Morgan fingerprint density at radius 2 is 1.97 bits per heavy atom. The van der Waals surface area contributed by atoms with Crippen LogP contribution in [0.25, 0.3) is 16.6 Å². The van der Waals surface area contributed by atoms with E-state index in [2.05, 4.69) is 35.1 Å². The third-order valence-electron chi connectivity index (χ3n) is 6.23. The highest BCUT2D eigenvalue weighted by Gasteiger charge is 2.43. The maximum atomic E-state index is 13.2. The molecule has 0 saturated heterocycles. The summed E-state index contributed by atoms with van der Waals surface area (Å²) in [5.41, 5.74) is 3.66. The Hall–Kier alpha value is -3.43. The molecule has 0 unspecified atom stereocenters. The van der Waals surface area contributed by atoms with Crippen molar-refractivity contribution in [3.63, 3.8) is 0 Å². The van der Waals surface area contributed by atoms with Gasteiger partial charge in [0.2, 0.25) is 0 Å². The van der Waals surface area contributed by atoms with E-state index in [1.165, 1.54) is 6.07 Å². The summed E-state index contributed by atoms with van der Waals surface area (Å²) in [4.78, 5) is 7.51. The second-order valence-electron chi connectivity index (χ2n) is 8.18. The van der Waals surface area contributed by atoms with Gasteiger partial charge < -0.3 is 19.8 Å². The molecular weight excluding hydrogens is 406 g/mol. The molecule has 1 aliphatic carbocycles. The number of aromatic amines is 1. The first-order valence-corrected chi connectivity index (χ1v) is 10.4. The Morgan fingerprint density at radius 3 is 2.84 bits per heavy atom. The zero-order valence-corrected chi connectivity index (χ0v) is 16.5. The predicted molar refractivity (Wildman–Crippen MR) is 108 cm³/mol. The largest absolute Gasteiger partial charge is 0.586 e. The third-order valence-corrected chi connectivity index (χ3v) is 6.23. The van der Waals surface area contributed by atoms with Gasteiger partial charge in [0.25, 0.3) is 0 Å². The van der Waals surface area contributed by atoms with Gasteiger partial charge in [0.1, 0.15) is 17.5 Å². The fourth-order valence-electron chi connectivity index (χ4n) is 4.66. The topological polar surface area (TPSA) is 89.4 Å². The maximum absolute atomic E-state index is 13.2. The fourth-order valence-corrected chi connectivity index (χ4v) is 4.66. The summed E-state index contributed by atoms with van der Waals surface area (Å²) < 4.78 is 37.1. The average molecular weight is 426 g/mol. The van der Waals surface area contributed by atoms with E-state index in [0.717, 1.165) is 60.2 Å². The maximum Gasteiger partial charge on any atom is 0.586 e. The van der Waals surface area contributed by atoms with Crippen LogP contribution in [0.3, 0.4) is 0 Å². The van der Waals surface area contributed by atoms with Crippen molar-refractivity contribution in [3.05, 3.63) is 42.5 Å². The molecule has 2 aliphatic rings. The fraction of sp³-hybridized carbons (Fsp3) is 0.381. The van der Waals surface area contributed by atoms with Crippen LogP contribution >= 0.6 is 0 Å². The molecule has 4 aromatic rings. The SMILES string of the molecule is FC1(F)Oc2ccc(NCC3CCC(c4nnn5cnc6[nH]ccc6c45)CC3)cc2O1. The number of benzene rings is 1. The van der Waals surface area contributed by atoms with Crippen molar-refractivity contribution >= 4 is 22.2 Å². The molecule has 1 saturated carbocycles. The molecule has 0 bridgehead atoms. The molecule has 1 aromatic carbocycles. The lowest BCUT2D eigenvalue weighted by Gasteiger charge is -2.28. The highest BCUT2D eigenvalue weighted by Crippen LogP contribution is 2.42. The lowest BCUT2D eigenvalue weighted by Crippen LogP contribution is -2.25. The molecule has 2 N–H and O–H groups in total. The summed E-state index contributed by atoms with van der Waals surface area (Å²) in [6.07, 6.45) is 4.16. The van der Waals surface area contributed by atoms with Crippen LogP contribution in [0.4, 0.5) is 14.5 Å². The predicted octanol–water partition coefficient (Wildman–Crippen LogP) is 4.31. The normalized spacial score (nSPS) is 22.3. The lowest BCUT2D eigenvalue weighted by molar-refractivity contribution is -0.286. The van der Waals surface area contributed by atoms with E-state index in [1.54, 1.807) is 23.0 Å². The minimum atomic E-state index is -3.59. The Bertz CT molecular complexity index is 1260. The summed E-state index contributed by atoms with van der Waals surface area (Å²) >= 11 is 0. The quantitative estimate of drug-likeness (QED) is 0.505. The van der Waals surface area contributed by atoms with Crippen LogP contribution in [0.15, 0.2) is 36.8 Å². The molecule has 1 fully saturated rings. The molecule has 6 rings (SSSR count). The highest BCUT2D eigenvalue weighted by molar-refractivity contribution is 5.92. The van der Waals surface area contributed by atoms with Gasteiger partial charge in [-0.2, -0.15) is 0 Å². The number of nitrogens with zero attached hydrogens (tertiary/aromatic N) is 4. The van der Waals surface area contributed by atoms with Gasteiger partial charge >= 0.3 is 6.29 Å². The number of hydrogen-bond acceptors (Lipinski definition) is 6. The molecule has 1 aliphatic heterocycles. The standard InChI is InChI=1S/C21H20F2N6O2/c22-21(23)30-16-6-5-14(9-17(16)31-21)25-10-12-1-3-13(4-2-12)18-19-15-7-8-24-20(15)26-11-29(19)28-27-18/h5-9,11-13,24-25H,1-4,10H2. The molecule has 0 atom stereocenters. The molecule has 31 heavy (non-hydrogen) atoms. The summed E-state index contributed by atoms with van der Waals surface area (Å²) in [6.45, 7) is 0.775. The van der Waals surface area contributed by atoms with Crippen molar-refractivity contribution in [1.29, 1.82) is 0 Å². The number of alkyl halides is 2. The van der Waals surface area contributed by atoms with Gasteiger partial charge in [-0.05, 0) is 49.8 Å². The molecule has 4 heterocycles. The summed E-state index contributed by atoms with van der Waals surface area (Å²) in [7, 11) is 0. The van der Waals surface area contributed by atoms with E-state index in [0.29, 0.717) is 11.8 Å². The smallest absolute Gasteiger partial charge is 0.395 e. The molecular formula is C21H20F2N6O2. The van der Waals surface area contributed by atoms with Crippen molar-refractivity contribution in [2.24, 2.45) is 5.92 Å². The molecule has 8 nitrogen and oxygen atoms in total. The minimum Gasteiger partial charge on any atom is -0.395 e. The van der Waals surface area contributed by atoms with Gasteiger partial charge in [-0.25, -0.2) is 9.50 Å². The first kappa shape index (κ1) is 18.3. The Labute approximate surface area is 175 Å². The van der Waals surface area contributed by atoms with Crippen molar-refractivity contribution < 1.29 is 18.3 Å². The highest BCUT2D eigenvalue weighted by atomic mass is 19.3. The molecule has 0 spiro atoms. The third kappa shape index (κ3) is 3.22. The zero-order valence-electron chi connectivity index (χ0n) is 16.5. The number of hydrogen-bond donors (Lipinski definition) is 2. The summed E-state index contributed by atoms with van der Waals surface area (Å²) in [5, 5.41) is 13.1. The molecule has 160 valence electrons. The second kappa shape index (κ2) is 6.79. The number of H-pyrrole nitrogens is 1. The number of halogens is 2. The van der Waals surface area contributed by atoms with Gasteiger partial charge in [-0.1, -0.05) is 5.21 Å². The van der Waals surface area contributed by atoms with E-state index >= 15 is 0 Å². The minimum absolute atomic E-state index is 0.0587. The summed E-state index contributed by atoms with van der Waals surface area (Å²) in [5.74, 6) is 0.980. The van der Waals surface area contributed by atoms with Gasteiger partial charge in [0, 0.05) is 35.8 Å². The number of fused-ring (bicyclic) bond motifs is 4. The first-order chi connectivity index (χ1) is 15.1. The Kier molecular flexibility index (Phi) is 4.02. The number of anilines is 1. The molecule has 0 radical (unpaired) electrons. The van der Waals surface area contributed by atoms with Gasteiger partial charge in [-0.15, -0.1) is 13.9 Å². The molecule has 10 heteroatoms. The second-order valence-corrected chi connectivity index (χ2v) is 8.18. The summed E-state index contributed by atoms with van der Waals surface area (Å²) in [6, 6.07) is 6.81. The van der Waals surface area contributed by atoms with Crippen LogP contribution in [0.5, 0.6) is 11.5 Å². The number of nitrogens with one attached hydrogen (secondary N) is 2. The van der Waals surface area contributed by atoms with E-state index in [-0.39, 0.29) is 11.5 Å². The van der Waals surface area contributed by atoms with Crippen LogP contribution in [-0.4, -0.2) is 37.6 Å². The van der Waals surface area contributed by atoms with Crippen LogP contribution in [0.1, 0.15) is 37.3 Å². The monoisotopic (exact) mass is 426 g/mol. The van der Waals surface area contributed by atoms with Crippen LogP contribution in [0, 0.1) is 5.92 Å². The van der Waals surface area contributed by atoms with E-state index in [9.17, 15) is 8.78 Å². The van der Waals surface area contributed by atoms with E-state index < -0.39 is 6.29 Å². The Morgan fingerprint density at radius 1 is 1.13 bits per heavy atom. The van der Waals surface area contributed by atoms with Crippen molar-refractivity contribution in [2.45, 2.75) is 37.9 Å². The van der Waals surface area contributed by atoms with Gasteiger partial charge in [0.05, 0.1) is 5.69 Å². The average Bonchev–Trinajstić information content (AvgIpc) is 3.46. The number of rotatable bonds is 4. The van der Waals surface area contributed by atoms with Crippen molar-refractivity contribution in [1.82, 2.24) is 24.8 Å². The van der Waals surface area contributed by atoms with Crippen LogP contribution < -0.4 is 14.8 Å². The molecule has 3 aromatic heterocycles. The van der Waals surface area contributed by atoms with Crippen LogP contribution in [0.2, 0.25) is 0 Å². The van der Waals surface area contributed by atoms with Gasteiger partial charge in [-0.3, -0.25) is 0 Å². The van der Waals surface area contributed by atoms with Gasteiger partial charge in [0.15, 0.2) is 11.5 Å². The molecule has 0 amide bonds. The van der Waals surface area contributed by atoms with Crippen molar-refractivity contribution in [3.8, 4) is 11.5 Å². The number of aromatic nitrogens is 5.